The molecule has 1 aliphatic carbocycles. The maximum absolute atomic E-state index is 12.7. The first-order valence-electron chi connectivity index (χ1n) is 8.95. The molecule has 5 heteroatoms. The maximum Gasteiger partial charge on any atom is 0.223 e. The molecule has 0 radical (unpaired) electrons. The number of carbonyl (C=O) groups excluding carboxylic acids is 1. The third-order valence-electron chi connectivity index (χ3n) is 5.73. The second-order valence-corrected chi connectivity index (χ2v) is 7.26. The minimum atomic E-state index is 0.112. The van der Waals surface area contributed by atoms with Crippen molar-refractivity contribution in [3.05, 3.63) is 24.2 Å². The molecule has 0 unspecified atom stereocenters. The van der Waals surface area contributed by atoms with Gasteiger partial charge in [-0.15, -0.1) is 0 Å². The molecule has 23 heavy (non-hydrogen) atoms. The van der Waals surface area contributed by atoms with Gasteiger partial charge in [-0.05, 0) is 38.2 Å². The summed E-state index contributed by atoms with van der Waals surface area (Å²) in [7, 11) is 0. The molecule has 1 saturated carbocycles. The lowest BCUT2D eigenvalue weighted by atomic mass is 9.78. The van der Waals surface area contributed by atoms with Crippen molar-refractivity contribution >= 4 is 5.91 Å². The first-order valence-corrected chi connectivity index (χ1v) is 8.95. The van der Waals surface area contributed by atoms with Gasteiger partial charge in [-0.2, -0.15) is 0 Å². The predicted octanol–water partition coefficient (Wildman–Crippen LogP) is 2.18. The van der Waals surface area contributed by atoms with Crippen molar-refractivity contribution in [2.24, 2.45) is 11.8 Å². The van der Waals surface area contributed by atoms with E-state index >= 15 is 0 Å². The van der Waals surface area contributed by atoms with E-state index in [1.807, 2.05) is 12.3 Å². The maximum atomic E-state index is 12.7. The minimum absolute atomic E-state index is 0.112. The average Bonchev–Trinajstić information content (AvgIpc) is 3.03. The fourth-order valence-electron chi connectivity index (χ4n) is 4.16. The predicted molar refractivity (Wildman–Crippen MR) is 85.7 cm³/mol. The Kier molecular flexibility index (Phi) is 4.40. The Hall–Kier alpha value is -1.33. The lowest BCUT2D eigenvalue weighted by Gasteiger charge is -2.45. The van der Waals surface area contributed by atoms with Crippen LogP contribution in [0, 0.1) is 11.8 Å². The fourth-order valence-corrected chi connectivity index (χ4v) is 4.16. The highest BCUT2D eigenvalue weighted by molar-refractivity contribution is 5.79. The van der Waals surface area contributed by atoms with Gasteiger partial charge in [0.15, 0.2) is 0 Å². The van der Waals surface area contributed by atoms with E-state index in [4.69, 9.17) is 9.15 Å². The summed E-state index contributed by atoms with van der Waals surface area (Å²) < 4.78 is 11.1. The van der Waals surface area contributed by atoms with Crippen molar-refractivity contribution in [2.45, 2.75) is 50.8 Å². The highest BCUT2D eigenvalue weighted by Gasteiger charge is 2.42. The van der Waals surface area contributed by atoms with E-state index in [1.165, 1.54) is 12.0 Å². The molecule has 5 nitrogen and oxygen atoms in total. The number of nitrogens with zero attached hydrogens (tertiary/aromatic N) is 1. The Morgan fingerprint density at radius 1 is 1.30 bits per heavy atom. The quantitative estimate of drug-likeness (QED) is 0.924. The van der Waals surface area contributed by atoms with Crippen LogP contribution in [0.15, 0.2) is 23.0 Å². The van der Waals surface area contributed by atoms with Crippen LogP contribution in [0.4, 0.5) is 0 Å². The molecule has 3 fully saturated rings. The third kappa shape index (κ3) is 3.31. The van der Waals surface area contributed by atoms with Gasteiger partial charge in [-0.25, -0.2) is 0 Å². The van der Waals surface area contributed by atoms with Gasteiger partial charge in [0.1, 0.15) is 0 Å². The lowest BCUT2D eigenvalue weighted by molar-refractivity contribution is -0.143. The first kappa shape index (κ1) is 15.2. The molecular weight excluding hydrogens is 292 g/mol. The Bertz CT molecular complexity index is 526. The van der Waals surface area contributed by atoms with E-state index in [0.717, 1.165) is 51.9 Å². The van der Waals surface area contributed by atoms with Crippen LogP contribution in [-0.4, -0.2) is 42.6 Å². The molecule has 1 amide bonds. The van der Waals surface area contributed by atoms with E-state index in [1.54, 1.807) is 6.26 Å². The number of amides is 1. The Morgan fingerprint density at radius 3 is 2.96 bits per heavy atom. The van der Waals surface area contributed by atoms with Crippen molar-refractivity contribution in [1.82, 2.24) is 10.2 Å². The summed E-state index contributed by atoms with van der Waals surface area (Å²) in [6.45, 7) is 3.60. The molecule has 126 valence electrons. The number of hydrogen-bond acceptors (Lipinski definition) is 4. The van der Waals surface area contributed by atoms with Crippen molar-refractivity contribution in [3.63, 3.8) is 0 Å². The smallest absolute Gasteiger partial charge is 0.223 e. The molecule has 0 bridgehead atoms. The van der Waals surface area contributed by atoms with Crippen LogP contribution in [0.3, 0.4) is 0 Å². The summed E-state index contributed by atoms with van der Waals surface area (Å²) in [6, 6.07) is 2.44. The van der Waals surface area contributed by atoms with E-state index in [0.29, 0.717) is 12.0 Å². The molecule has 3 aliphatic rings. The second-order valence-electron chi connectivity index (χ2n) is 7.26. The Morgan fingerprint density at radius 2 is 2.22 bits per heavy atom. The van der Waals surface area contributed by atoms with Gasteiger partial charge >= 0.3 is 0 Å². The average molecular weight is 318 g/mol. The van der Waals surface area contributed by atoms with Gasteiger partial charge in [0, 0.05) is 49.7 Å². The van der Waals surface area contributed by atoms with Gasteiger partial charge in [0.05, 0.1) is 18.6 Å². The summed E-state index contributed by atoms with van der Waals surface area (Å²) in [5, 5.41) is 3.25. The number of carbonyl (C=O) groups is 1. The number of ether oxygens (including phenoxy) is 1. The molecule has 0 spiro atoms. The normalized spacial score (nSPS) is 32.1. The molecule has 1 N–H and O–H groups in total. The van der Waals surface area contributed by atoms with Crippen molar-refractivity contribution in [1.29, 1.82) is 0 Å². The Balaban J connectivity index is 1.40. The van der Waals surface area contributed by atoms with Crippen LogP contribution >= 0.6 is 0 Å². The molecule has 3 atom stereocenters. The molecule has 2 saturated heterocycles. The number of piperidine rings is 1. The summed E-state index contributed by atoms with van der Waals surface area (Å²) in [5.41, 5.74) is 1.20. The lowest BCUT2D eigenvalue weighted by Crippen LogP contribution is -2.54. The van der Waals surface area contributed by atoms with E-state index < -0.39 is 0 Å². The topological polar surface area (TPSA) is 54.7 Å². The van der Waals surface area contributed by atoms with Crippen LogP contribution in [0.25, 0.3) is 0 Å². The van der Waals surface area contributed by atoms with Crippen LogP contribution in [-0.2, 0) is 16.1 Å². The van der Waals surface area contributed by atoms with Crippen molar-refractivity contribution in [3.8, 4) is 0 Å². The van der Waals surface area contributed by atoms with Crippen LogP contribution in [0.1, 0.15) is 37.7 Å². The van der Waals surface area contributed by atoms with Gasteiger partial charge < -0.3 is 14.5 Å². The summed E-state index contributed by atoms with van der Waals surface area (Å²) >= 11 is 0. The third-order valence-corrected chi connectivity index (χ3v) is 5.73. The monoisotopic (exact) mass is 318 g/mol. The standard InChI is InChI=1S/C18H26N2O3/c21-18(19-14-2-1-3-14)15-6-9-23-17-4-7-20(11-16(15)17)10-13-5-8-22-12-13/h5,8,12,14-17H,1-4,6-7,9-11H2,(H,19,21)/t15-,16+,17-/m0/s1. The zero-order valence-electron chi connectivity index (χ0n) is 13.6. The zero-order chi connectivity index (χ0) is 15.6. The number of nitrogens with one attached hydrogen (secondary N) is 1. The minimum Gasteiger partial charge on any atom is -0.472 e. The van der Waals surface area contributed by atoms with Gasteiger partial charge in [0.25, 0.3) is 0 Å². The SMILES string of the molecule is O=C(NC1CCC1)[C@H]1CCO[C@H]2CCN(Cc3ccoc3)C[C@@H]21. The van der Waals surface area contributed by atoms with E-state index in [2.05, 4.69) is 10.2 Å². The highest BCUT2D eigenvalue weighted by Crippen LogP contribution is 2.34. The molecule has 0 aromatic carbocycles. The number of fused-ring (bicyclic) bond motifs is 1. The summed E-state index contributed by atoms with van der Waals surface area (Å²) in [6.07, 6.45) is 9.22. The van der Waals surface area contributed by atoms with Gasteiger partial charge in [-0.1, -0.05) is 0 Å². The number of rotatable bonds is 4. The molecule has 1 aromatic heterocycles. The first-order chi connectivity index (χ1) is 11.3. The van der Waals surface area contributed by atoms with Crippen LogP contribution in [0.5, 0.6) is 0 Å². The number of likely N-dealkylation sites (tertiary alicyclic amines) is 1. The van der Waals surface area contributed by atoms with Crippen molar-refractivity contribution < 1.29 is 13.9 Å². The van der Waals surface area contributed by atoms with E-state index in [-0.39, 0.29) is 17.9 Å². The second kappa shape index (κ2) is 6.65. The highest BCUT2D eigenvalue weighted by atomic mass is 16.5. The molecule has 3 heterocycles. The van der Waals surface area contributed by atoms with Gasteiger partial charge in [-0.3, -0.25) is 9.69 Å². The zero-order valence-corrected chi connectivity index (χ0v) is 13.6. The van der Waals surface area contributed by atoms with Crippen molar-refractivity contribution in [2.75, 3.05) is 19.7 Å². The fraction of sp³-hybridized carbons (Fsp3) is 0.722. The summed E-state index contributed by atoms with van der Waals surface area (Å²) in [5.74, 6) is 0.698. The number of furan rings is 1. The molecule has 1 aromatic rings. The van der Waals surface area contributed by atoms with Gasteiger partial charge in [0.2, 0.25) is 5.91 Å². The summed E-state index contributed by atoms with van der Waals surface area (Å²) in [4.78, 5) is 15.1. The number of hydrogen-bond donors (Lipinski definition) is 1. The molecule has 2 aliphatic heterocycles. The van der Waals surface area contributed by atoms with Crippen LogP contribution < -0.4 is 5.32 Å². The Labute approximate surface area is 137 Å². The van der Waals surface area contributed by atoms with E-state index in [9.17, 15) is 4.79 Å². The largest absolute Gasteiger partial charge is 0.472 e. The molecular formula is C18H26N2O3. The van der Waals surface area contributed by atoms with Crippen LogP contribution in [0.2, 0.25) is 0 Å². The molecule has 4 rings (SSSR count).